The number of aromatic nitrogens is 3. The maximum Gasteiger partial charge on any atom is 0.258 e. The summed E-state index contributed by atoms with van der Waals surface area (Å²) in [7, 11) is 0. The fourth-order valence-corrected chi connectivity index (χ4v) is 4.69. The number of nitrogens with one attached hydrogen (secondary N) is 1. The molecule has 8 heteroatoms. The quantitative estimate of drug-likeness (QED) is 0.556. The van der Waals surface area contributed by atoms with Crippen LogP contribution in [0.5, 0.6) is 11.8 Å². The van der Waals surface area contributed by atoms with Crippen LogP contribution in [0.4, 0.5) is 4.39 Å². The van der Waals surface area contributed by atoms with Crippen LogP contribution in [-0.2, 0) is 17.6 Å². The first-order valence-corrected chi connectivity index (χ1v) is 11.8. The molecule has 0 fully saturated rings. The van der Waals surface area contributed by atoms with Crippen molar-refractivity contribution in [3.63, 3.8) is 0 Å². The number of hydrogen-bond donors (Lipinski definition) is 1. The number of halogens is 2. The molecule has 2 aromatic heterocycles. The van der Waals surface area contributed by atoms with E-state index in [2.05, 4.69) is 34.1 Å². The number of allylic oxidation sites excluding steroid dienone is 1. The second-order valence-electron chi connectivity index (χ2n) is 8.57. The van der Waals surface area contributed by atoms with E-state index in [1.54, 1.807) is 12.4 Å². The summed E-state index contributed by atoms with van der Waals surface area (Å²) in [6.45, 7) is 8.69. The molecule has 0 saturated carbocycles. The number of ether oxygens (including phenoxy) is 1. The first-order chi connectivity index (χ1) is 15.8. The van der Waals surface area contributed by atoms with Crippen molar-refractivity contribution in [3.05, 3.63) is 56.9 Å². The van der Waals surface area contributed by atoms with Crippen molar-refractivity contribution < 1.29 is 13.9 Å². The van der Waals surface area contributed by atoms with Crippen molar-refractivity contribution >= 4 is 23.1 Å². The van der Waals surface area contributed by atoms with E-state index in [1.165, 1.54) is 0 Å². The highest BCUT2D eigenvalue weighted by atomic mass is 35.5. The van der Waals surface area contributed by atoms with Gasteiger partial charge in [0.2, 0.25) is 11.2 Å². The number of pyridine rings is 1. The molecule has 0 aromatic carbocycles. The number of fused-ring (bicyclic) bond motifs is 1. The molecule has 33 heavy (non-hydrogen) atoms. The largest absolute Gasteiger partial charge is 0.417 e. The lowest BCUT2D eigenvalue weighted by Gasteiger charge is -2.31. The standard InChI is InChI=1S/C25H28ClFN4O2/c1-5-13(3)18-17(19-14(4)9-10-28-22(19)32)8-7-16-12-29-24(21(27)20(16)18)33-23-15(6-2)11-30-25(26)31-23/h11-13H,5-10H2,1-4H3,(H,28,32). The highest BCUT2D eigenvalue weighted by Gasteiger charge is 2.33. The minimum Gasteiger partial charge on any atom is -0.417 e. The molecule has 0 bridgehead atoms. The van der Waals surface area contributed by atoms with E-state index in [4.69, 9.17) is 16.3 Å². The number of rotatable bonds is 6. The summed E-state index contributed by atoms with van der Waals surface area (Å²) < 4.78 is 21.9. The summed E-state index contributed by atoms with van der Waals surface area (Å²) in [4.78, 5) is 25.2. The number of hydrogen-bond acceptors (Lipinski definition) is 5. The Balaban J connectivity index is 1.88. The van der Waals surface area contributed by atoms with Crippen molar-refractivity contribution in [2.45, 2.75) is 59.8 Å². The van der Waals surface area contributed by atoms with Crippen LogP contribution >= 0.6 is 11.6 Å². The third kappa shape index (κ3) is 4.38. The lowest BCUT2D eigenvalue weighted by Crippen LogP contribution is -2.33. The van der Waals surface area contributed by atoms with Crippen LogP contribution in [0.25, 0.3) is 5.57 Å². The molecule has 0 saturated heterocycles. The Morgan fingerprint density at radius 1 is 1.18 bits per heavy atom. The lowest BCUT2D eigenvalue weighted by molar-refractivity contribution is -0.117. The summed E-state index contributed by atoms with van der Waals surface area (Å²) in [6.07, 6.45) is 6.74. The minimum atomic E-state index is -0.536. The van der Waals surface area contributed by atoms with Gasteiger partial charge >= 0.3 is 0 Å². The molecule has 2 aromatic rings. The predicted molar refractivity (Wildman–Crippen MR) is 126 cm³/mol. The van der Waals surface area contributed by atoms with Gasteiger partial charge in [0.1, 0.15) is 0 Å². The number of amides is 1. The van der Waals surface area contributed by atoms with Gasteiger partial charge in [-0.25, -0.2) is 14.4 Å². The second-order valence-corrected chi connectivity index (χ2v) is 8.90. The average Bonchev–Trinajstić information content (AvgIpc) is 2.80. The normalized spacial score (nSPS) is 17.1. The number of carbonyl (C=O) groups excluding carboxylic acids is 1. The van der Waals surface area contributed by atoms with E-state index in [-0.39, 0.29) is 28.9 Å². The van der Waals surface area contributed by atoms with Crippen molar-refractivity contribution in [3.8, 4) is 11.8 Å². The lowest BCUT2D eigenvalue weighted by atomic mass is 9.75. The Labute approximate surface area is 198 Å². The fourth-order valence-electron chi connectivity index (χ4n) is 4.57. The Morgan fingerprint density at radius 2 is 1.97 bits per heavy atom. The smallest absolute Gasteiger partial charge is 0.258 e. The first-order valence-electron chi connectivity index (χ1n) is 11.4. The summed E-state index contributed by atoms with van der Waals surface area (Å²) in [5.74, 6) is -0.518. The van der Waals surface area contributed by atoms with Gasteiger partial charge in [-0.15, -0.1) is 0 Å². The van der Waals surface area contributed by atoms with Crippen LogP contribution in [-0.4, -0.2) is 27.4 Å². The van der Waals surface area contributed by atoms with Crippen molar-refractivity contribution in [2.75, 3.05) is 6.54 Å². The maximum atomic E-state index is 16.0. The van der Waals surface area contributed by atoms with E-state index in [9.17, 15) is 4.79 Å². The number of aryl methyl sites for hydroxylation is 2. The summed E-state index contributed by atoms with van der Waals surface area (Å²) >= 11 is 5.94. The van der Waals surface area contributed by atoms with Crippen LogP contribution in [0.15, 0.2) is 29.1 Å². The number of nitrogens with zero attached hydrogens (tertiary/aromatic N) is 3. The summed E-state index contributed by atoms with van der Waals surface area (Å²) in [5, 5.41) is 2.97. The zero-order chi connectivity index (χ0) is 23.7. The Morgan fingerprint density at radius 3 is 2.67 bits per heavy atom. The molecule has 1 unspecified atom stereocenters. The molecule has 6 nitrogen and oxygen atoms in total. The van der Waals surface area contributed by atoms with Gasteiger partial charge in [-0.05, 0) is 73.3 Å². The van der Waals surface area contributed by atoms with Crippen LogP contribution in [0.2, 0.25) is 5.28 Å². The van der Waals surface area contributed by atoms with Gasteiger partial charge in [-0.3, -0.25) is 4.79 Å². The van der Waals surface area contributed by atoms with E-state index in [0.717, 1.165) is 35.1 Å². The van der Waals surface area contributed by atoms with Gasteiger partial charge in [-0.2, -0.15) is 4.98 Å². The predicted octanol–water partition coefficient (Wildman–Crippen LogP) is 5.60. The van der Waals surface area contributed by atoms with Gasteiger partial charge in [0.05, 0.1) is 0 Å². The Bertz CT molecular complexity index is 1180. The van der Waals surface area contributed by atoms with Gasteiger partial charge < -0.3 is 10.1 Å². The molecule has 1 atom stereocenters. The molecule has 3 heterocycles. The topological polar surface area (TPSA) is 77.0 Å². The van der Waals surface area contributed by atoms with E-state index < -0.39 is 5.82 Å². The molecule has 1 N–H and O–H groups in total. The van der Waals surface area contributed by atoms with Gasteiger partial charge in [0.15, 0.2) is 5.82 Å². The van der Waals surface area contributed by atoms with E-state index >= 15 is 4.39 Å². The van der Waals surface area contributed by atoms with Crippen LogP contribution in [0.1, 0.15) is 63.6 Å². The molecule has 1 aliphatic heterocycles. The Kier molecular flexibility index (Phi) is 6.79. The van der Waals surface area contributed by atoms with Crippen LogP contribution in [0, 0.1) is 11.7 Å². The maximum absolute atomic E-state index is 16.0. The number of carbonyl (C=O) groups is 1. The van der Waals surface area contributed by atoms with Gasteiger partial charge in [0.25, 0.3) is 11.8 Å². The fraction of sp³-hybridized carbons (Fsp3) is 0.440. The summed E-state index contributed by atoms with van der Waals surface area (Å²) in [6, 6.07) is 0. The second kappa shape index (κ2) is 9.59. The minimum absolute atomic E-state index is 0.0220. The Hall–Kier alpha value is -2.80. The van der Waals surface area contributed by atoms with Crippen LogP contribution < -0.4 is 10.1 Å². The van der Waals surface area contributed by atoms with Gasteiger partial charge in [-0.1, -0.05) is 26.3 Å². The molecule has 1 aliphatic carbocycles. The summed E-state index contributed by atoms with van der Waals surface area (Å²) in [5.41, 5.74) is 5.57. The zero-order valence-electron chi connectivity index (χ0n) is 19.4. The van der Waals surface area contributed by atoms with E-state index in [0.29, 0.717) is 42.5 Å². The molecule has 1 amide bonds. The highest BCUT2D eigenvalue weighted by Crippen LogP contribution is 2.44. The average molecular weight is 471 g/mol. The van der Waals surface area contributed by atoms with Crippen molar-refractivity contribution in [1.29, 1.82) is 0 Å². The molecule has 4 rings (SSSR count). The van der Waals surface area contributed by atoms with Crippen LogP contribution in [0.3, 0.4) is 0 Å². The molecular formula is C25H28ClFN4O2. The third-order valence-electron chi connectivity index (χ3n) is 6.52. The molecular weight excluding hydrogens is 443 g/mol. The highest BCUT2D eigenvalue weighted by molar-refractivity contribution is 6.28. The van der Waals surface area contributed by atoms with E-state index in [1.807, 2.05) is 13.8 Å². The third-order valence-corrected chi connectivity index (χ3v) is 6.70. The zero-order valence-corrected chi connectivity index (χ0v) is 20.1. The molecule has 0 spiro atoms. The van der Waals surface area contributed by atoms with Crippen molar-refractivity contribution in [1.82, 2.24) is 20.3 Å². The SMILES string of the molecule is CCc1cnc(Cl)nc1Oc1ncc2c(c1F)C(C(C)CC)=C(C1=C(C)CCNC1=O)CC2. The molecule has 2 aliphatic rings. The first kappa shape index (κ1) is 23.4. The monoisotopic (exact) mass is 470 g/mol. The van der Waals surface area contributed by atoms with Gasteiger partial charge in [0, 0.05) is 35.6 Å². The molecule has 174 valence electrons. The van der Waals surface area contributed by atoms with Crippen molar-refractivity contribution in [2.24, 2.45) is 5.92 Å². The molecule has 0 radical (unpaired) electrons.